The van der Waals surface area contributed by atoms with Gasteiger partial charge in [-0.2, -0.15) is 21.0 Å². The van der Waals surface area contributed by atoms with E-state index in [1.165, 1.54) is 63.1 Å². The third-order valence-electron chi connectivity index (χ3n) is 5.04. The first-order chi connectivity index (χ1) is 15.2. The normalized spacial score (nSPS) is 9.87. The Morgan fingerprint density at radius 3 is 1.55 bits per heavy atom. The van der Waals surface area contributed by atoms with E-state index in [2.05, 4.69) is 6.92 Å². The third kappa shape index (κ3) is 9.11. The van der Waals surface area contributed by atoms with Crippen LogP contribution in [0.25, 0.3) is 11.1 Å². The lowest BCUT2D eigenvalue weighted by Gasteiger charge is -2.07. The predicted molar refractivity (Wildman–Crippen MR) is 129 cm³/mol. The SMILES string of the molecule is CCCCCCCCCCCCSc1cc(=C(C#N)C#N)c(SC)cc1=C(C#N)C#N. The second-order valence-corrected chi connectivity index (χ2v) is 9.26. The first kappa shape index (κ1) is 26.7. The Kier molecular flexibility index (Phi) is 14.0. The zero-order valence-electron chi connectivity index (χ0n) is 18.5. The molecule has 31 heavy (non-hydrogen) atoms. The van der Waals surface area contributed by atoms with Gasteiger partial charge in [-0.1, -0.05) is 64.7 Å². The van der Waals surface area contributed by atoms with Crippen molar-refractivity contribution in [3.63, 3.8) is 0 Å². The minimum absolute atomic E-state index is 0.0483. The van der Waals surface area contributed by atoms with Crippen LogP contribution in [0.3, 0.4) is 0 Å². The van der Waals surface area contributed by atoms with E-state index in [9.17, 15) is 21.0 Å². The van der Waals surface area contributed by atoms with Crippen LogP contribution in [0, 0.1) is 45.3 Å². The second-order valence-electron chi connectivity index (χ2n) is 7.28. The summed E-state index contributed by atoms with van der Waals surface area (Å²) in [7, 11) is 0. The fourth-order valence-electron chi connectivity index (χ4n) is 3.30. The van der Waals surface area contributed by atoms with Gasteiger partial charge < -0.3 is 0 Å². The Morgan fingerprint density at radius 1 is 0.677 bits per heavy atom. The lowest BCUT2D eigenvalue weighted by atomic mass is 10.1. The van der Waals surface area contributed by atoms with Crippen LogP contribution in [0.4, 0.5) is 0 Å². The molecule has 0 spiro atoms. The fraction of sp³-hybridized carbons (Fsp3) is 0.520. The first-order valence-corrected chi connectivity index (χ1v) is 13.1. The van der Waals surface area contributed by atoms with E-state index in [-0.39, 0.29) is 11.1 Å². The molecular formula is C25H30N4S2. The lowest BCUT2D eigenvalue weighted by Crippen LogP contribution is -2.18. The van der Waals surface area contributed by atoms with Crippen molar-refractivity contribution in [2.45, 2.75) is 80.9 Å². The number of rotatable bonds is 13. The summed E-state index contributed by atoms with van der Waals surface area (Å²) in [5.74, 6) is 0.875. The van der Waals surface area contributed by atoms with Gasteiger partial charge in [-0.15, -0.1) is 23.5 Å². The summed E-state index contributed by atoms with van der Waals surface area (Å²) >= 11 is 2.99. The monoisotopic (exact) mass is 450 g/mol. The van der Waals surface area contributed by atoms with Crippen molar-refractivity contribution in [1.29, 1.82) is 21.0 Å². The van der Waals surface area contributed by atoms with Gasteiger partial charge in [0, 0.05) is 20.2 Å². The van der Waals surface area contributed by atoms with E-state index in [0.29, 0.717) is 10.4 Å². The van der Waals surface area contributed by atoms with Gasteiger partial charge >= 0.3 is 0 Å². The maximum absolute atomic E-state index is 9.36. The molecule has 0 fully saturated rings. The van der Waals surface area contributed by atoms with E-state index in [4.69, 9.17) is 0 Å². The molecule has 0 bridgehead atoms. The molecule has 1 aromatic carbocycles. The Bertz CT molecular complexity index is 969. The van der Waals surface area contributed by atoms with Crippen molar-refractivity contribution >= 4 is 34.7 Å². The first-order valence-electron chi connectivity index (χ1n) is 10.9. The smallest absolute Gasteiger partial charge is 0.138 e. The highest BCUT2D eigenvalue weighted by Gasteiger charge is 2.09. The molecule has 0 N–H and O–H groups in total. The van der Waals surface area contributed by atoms with Crippen molar-refractivity contribution in [2.75, 3.05) is 12.0 Å². The fourth-order valence-corrected chi connectivity index (χ4v) is 5.00. The molecule has 0 aromatic heterocycles. The molecule has 0 unspecified atom stereocenters. The Morgan fingerprint density at radius 2 is 1.10 bits per heavy atom. The Labute approximate surface area is 195 Å². The highest BCUT2D eigenvalue weighted by atomic mass is 32.2. The van der Waals surface area contributed by atoms with Crippen LogP contribution in [0.5, 0.6) is 0 Å². The molecule has 1 aromatic rings. The minimum atomic E-state index is 0.0483. The lowest BCUT2D eigenvalue weighted by molar-refractivity contribution is 0.563. The molecule has 0 heterocycles. The number of hydrogen-bond acceptors (Lipinski definition) is 6. The third-order valence-corrected chi connectivity index (χ3v) is 6.96. The van der Waals surface area contributed by atoms with E-state index in [1.807, 2.05) is 30.5 Å². The topological polar surface area (TPSA) is 95.2 Å². The summed E-state index contributed by atoms with van der Waals surface area (Å²) in [6, 6.07) is 11.4. The van der Waals surface area contributed by atoms with Crippen LogP contribution in [0.2, 0.25) is 0 Å². The van der Waals surface area contributed by atoms with Crippen LogP contribution in [0.1, 0.15) is 71.1 Å². The standard InChI is InChI=1S/C25H30N4S2/c1-3-4-5-6-7-8-9-10-11-12-13-31-25-15-22(20(16-26)17-27)24(30-2)14-23(25)21(18-28)19-29/h14-15H,3-13H2,1-2H3. The molecule has 0 saturated heterocycles. The van der Waals surface area contributed by atoms with Crippen molar-refractivity contribution < 1.29 is 0 Å². The highest BCUT2D eigenvalue weighted by Crippen LogP contribution is 2.19. The number of hydrogen-bond donors (Lipinski definition) is 0. The van der Waals surface area contributed by atoms with E-state index in [0.717, 1.165) is 28.4 Å². The molecule has 0 saturated carbocycles. The molecule has 0 atom stereocenters. The number of thioether (sulfide) groups is 2. The average Bonchev–Trinajstić information content (AvgIpc) is 2.79. The van der Waals surface area contributed by atoms with E-state index in [1.54, 1.807) is 23.9 Å². The van der Waals surface area contributed by atoms with Gasteiger partial charge in [0.05, 0.1) is 0 Å². The molecule has 0 aliphatic heterocycles. The molecule has 1 rings (SSSR count). The number of benzene rings is 1. The van der Waals surface area contributed by atoms with Gasteiger partial charge in [0.1, 0.15) is 35.4 Å². The summed E-state index contributed by atoms with van der Waals surface area (Å²) in [6.07, 6.45) is 14.6. The van der Waals surface area contributed by atoms with Gasteiger partial charge in [0.25, 0.3) is 0 Å². The van der Waals surface area contributed by atoms with Crippen LogP contribution >= 0.6 is 23.5 Å². The molecule has 0 aliphatic rings. The molecule has 0 aliphatic carbocycles. The highest BCUT2D eigenvalue weighted by molar-refractivity contribution is 7.99. The number of nitrogens with zero attached hydrogens (tertiary/aromatic N) is 4. The number of unbranched alkanes of at least 4 members (excludes halogenated alkanes) is 9. The summed E-state index contributed by atoms with van der Waals surface area (Å²) in [5.41, 5.74) is 0.107. The van der Waals surface area contributed by atoms with Gasteiger partial charge in [0.2, 0.25) is 0 Å². The van der Waals surface area contributed by atoms with Crippen molar-refractivity contribution in [1.82, 2.24) is 0 Å². The van der Waals surface area contributed by atoms with Gasteiger partial charge in [-0.25, -0.2) is 0 Å². The summed E-state index contributed by atoms with van der Waals surface area (Å²) < 4.78 is 0. The maximum Gasteiger partial charge on any atom is 0.138 e. The van der Waals surface area contributed by atoms with E-state index >= 15 is 0 Å². The zero-order chi connectivity index (χ0) is 22.9. The average molecular weight is 451 g/mol. The number of nitriles is 4. The molecule has 6 heteroatoms. The summed E-state index contributed by atoms with van der Waals surface area (Å²) in [5, 5.41) is 38.5. The van der Waals surface area contributed by atoms with Crippen molar-refractivity contribution in [3.05, 3.63) is 22.6 Å². The van der Waals surface area contributed by atoms with Crippen LogP contribution in [-0.2, 0) is 0 Å². The van der Waals surface area contributed by atoms with Crippen molar-refractivity contribution in [2.24, 2.45) is 0 Å². The summed E-state index contributed by atoms with van der Waals surface area (Å²) in [4.78, 5) is 1.50. The van der Waals surface area contributed by atoms with Crippen LogP contribution in [-0.4, -0.2) is 12.0 Å². The quantitative estimate of drug-likeness (QED) is 0.278. The van der Waals surface area contributed by atoms with E-state index < -0.39 is 0 Å². The molecule has 4 nitrogen and oxygen atoms in total. The largest absolute Gasteiger partial charge is 0.192 e. The molecule has 162 valence electrons. The van der Waals surface area contributed by atoms with Crippen LogP contribution < -0.4 is 10.4 Å². The van der Waals surface area contributed by atoms with Gasteiger partial charge in [0.15, 0.2) is 0 Å². The maximum atomic E-state index is 9.36. The van der Waals surface area contributed by atoms with Gasteiger partial charge in [-0.05, 0) is 30.6 Å². The minimum Gasteiger partial charge on any atom is -0.192 e. The molecular weight excluding hydrogens is 420 g/mol. The van der Waals surface area contributed by atoms with Crippen molar-refractivity contribution in [3.8, 4) is 24.3 Å². The van der Waals surface area contributed by atoms with Gasteiger partial charge in [-0.3, -0.25) is 0 Å². The molecule has 0 amide bonds. The Balaban J connectivity index is 2.83. The zero-order valence-corrected chi connectivity index (χ0v) is 20.2. The Hall–Kier alpha value is -2.38. The predicted octanol–water partition coefficient (Wildman–Crippen LogP) is 5.82. The molecule has 0 radical (unpaired) electrons. The second kappa shape index (κ2) is 16.3. The van der Waals surface area contributed by atoms with Crippen LogP contribution in [0.15, 0.2) is 21.9 Å². The summed E-state index contributed by atoms with van der Waals surface area (Å²) in [6.45, 7) is 2.24.